The van der Waals surface area contributed by atoms with Gasteiger partial charge in [-0.1, -0.05) is 6.07 Å². The van der Waals surface area contributed by atoms with E-state index >= 15 is 0 Å². The summed E-state index contributed by atoms with van der Waals surface area (Å²) in [6.07, 6.45) is -3.85. The predicted molar refractivity (Wildman–Crippen MR) is 167 cm³/mol. The molecule has 2 aromatic carbocycles. The van der Waals surface area contributed by atoms with E-state index in [0.29, 0.717) is 17.5 Å². The SMILES string of the molecule is O=C(C=Cc1ccc(O)c(Cc2cnc[nH]2)c1)N1c2c(cc(O)c3c2C(O)CC2(O3)OC(CO)C(O)C(O)C2O)CC1(CCCO)C(=O)O. The monoisotopic (exact) mass is 683 g/mol. The van der Waals surface area contributed by atoms with Gasteiger partial charge in [-0.05, 0) is 48.2 Å². The van der Waals surface area contributed by atoms with Gasteiger partial charge in [0.15, 0.2) is 11.5 Å². The fourth-order valence-electron chi connectivity index (χ4n) is 7.04. The minimum atomic E-state index is -2.26. The second kappa shape index (κ2) is 13.1. The molecule has 1 saturated heterocycles. The van der Waals surface area contributed by atoms with Gasteiger partial charge in [-0.3, -0.25) is 9.69 Å². The number of aliphatic carboxylic acids is 1. The normalized spacial score (nSPS) is 29.2. The van der Waals surface area contributed by atoms with Crippen LogP contribution in [0.2, 0.25) is 0 Å². The lowest BCUT2D eigenvalue weighted by molar-refractivity contribution is -0.349. The lowest BCUT2D eigenvalue weighted by Crippen LogP contribution is -2.68. The molecule has 16 heteroatoms. The Balaban J connectivity index is 1.42. The first-order valence-corrected chi connectivity index (χ1v) is 15.6. The molecule has 7 atom stereocenters. The van der Waals surface area contributed by atoms with Gasteiger partial charge >= 0.3 is 5.97 Å². The quantitative estimate of drug-likeness (QED) is 0.129. The van der Waals surface area contributed by atoms with Gasteiger partial charge in [-0.15, -0.1) is 0 Å². The van der Waals surface area contributed by atoms with E-state index in [2.05, 4.69) is 9.97 Å². The summed E-state index contributed by atoms with van der Waals surface area (Å²) in [5.41, 5.74) is -0.282. The number of anilines is 1. The first-order chi connectivity index (χ1) is 23.4. The van der Waals surface area contributed by atoms with Crippen molar-refractivity contribution in [2.24, 2.45) is 0 Å². The smallest absolute Gasteiger partial charge is 0.330 e. The van der Waals surface area contributed by atoms with Crippen molar-refractivity contribution in [1.82, 2.24) is 9.97 Å². The van der Waals surface area contributed by atoms with Crippen LogP contribution in [0.4, 0.5) is 5.69 Å². The molecule has 1 spiro atoms. The van der Waals surface area contributed by atoms with Gasteiger partial charge in [-0.2, -0.15) is 0 Å². The van der Waals surface area contributed by atoms with Crippen LogP contribution in [0, 0.1) is 0 Å². The maximum Gasteiger partial charge on any atom is 0.330 e. The number of phenolic OH excluding ortho intramolecular Hbond substituents is 2. The van der Waals surface area contributed by atoms with E-state index in [0.717, 1.165) is 16.7 Å². The Hall–Kier alpha value is -4.55. The molecule has 16 nitrogen and oxygen atoms in total. The number of ether oxygens (including phenoxy) is 2. The maximum absolute atomic E-state index is 14.2. The van der Waals surface area contributed by atoms with Gasteiger partial charge in [0.1, 0.15) is 35.7 Å². The molecule has 1 aromatic heterocycles. The number of carboxylic acids is 1. The Kier molecular flexibility index (Phi) is 9.14. The van der Waals surface area contributed by atoms with E-state index in [1.165, 1.54) is 24.5 Å². The Morgan fingerprint density at radius 1 is 1.08 bits per heavy atom. The Morgan fingerprint density at radius 2 is 1.86 bits per heavy atom. The summed E-state index contributed by atoms with van der Waals surface area (Å²) in [5, 5.41) is 94.8. The second-order valence-electron chi connectivity index (χ2n) is 12.5. The zero-order valence-corrected chi connectivity index (χ0v) is 26.0. The molecule has 10 N–H and O–H groups in total. The highest BCUT2D eigenvalue weighted by Crippen LogP contribution is 2.57. The van der Waals surface area contributed by atoms with Gasteiger partial charge in [0.2, 0.25) is 5.79 Å². The first-order valence-electron chi connectivity index (χ1n) is 15.6. The Labute approximate surface area is 278 Å². The number of amides is 1. The van der Waals surface area contributed by atoms with Crippen molar-refractivity contribution in [2.45, 2.75) is 73.9 Å². The number of phenols is 2. The van der Waals surface area contributed by atoms with Crippen molar-refractivity contribution in [1.29, 1.82) is 0 Å². The van der Waals surface area contributed by atoms with E-state index in [4.69, 9.17) is 9.47 Å². The Morgan fingerprint density at radius 3 is 2.53 bits per heavy atom. The summed E-state index contributed by atoms with van der Waals surface area (Å²) in [5.74, 6) is -5.54. The number of rotatable bonds is 9. The number of aliphatic hydroxyl groups excluding tert-OH is 6. The van der Waals surface area contributed by atoms with Gasteiger partial charge in [0, 0.05) is 49.4 Å². The number of fused-ring (bicyclic) bond motifs is 3. The third-order valence-electron chi connectivity index (χ3n) is 9.43. The molecule has 6 rings (SSSR count). The van der Waals surface area contributed by atoms with E-state index < -0.39 is 78.2 Å². The summed E-state index contributed by atoms with van der Waals surface area (Å²) in [6, 6.07) is 5.82. The molecular weight excluding hydrogens is 646 g/mol. The largest absolute Gasteiger partial charge is 0.508 e. The topological polar surface area (TPSA) is 267 Å². The molecule has 3 aliphatic heterocycles. The number of hydrogen-bond donors (Lipinski definition) is 10. The van der Waals surface area contributed by atoms with E-state index in [1.54, 1.807) is 18.3 Å². The van der Waals surface area contributed by atoms with Crippen molar-refractivity contribution in [3.63, 3.8) is 0 Å². The van der Waals surface area contributed by atoms with E-state index in [9.17, 15) is 55.5 Å². The van der Waals surface area contributed by atoms with Crippen molar-refractivity contribution in [3.05, 3.63) is 70.8 Å². The number of nitrogens with zero attached hydrogens (tertiary/aromatic N) is 2. The predicted octanol–water partition coefficient (Wildman–Crippen LogP) is -0.404. The van der Waals surface area contributed by atoms with Crippen LogP contribution in [-0.2, 0) is 27.2 Å². The van der Waals surface area contributed by atoms with Gasteiger partial charge in [0.05, 0.1) is 30.3 Å². The van der Waals surface area contributed by atoms with Crippen molar-refractivity contribution < 1.29 is 65.0 Å². The lowest BCUT2D eigenvalue weighted by Gasteiger charge is -2.51. The number of aromatic hydroxyl groups is 2. The van der Waals surface area contributed by atoms with Crippen LogP contribution in [0.25, 0.3) is 6.08 Å². The van der Waals surface area contributed by atoms with Crippen LogP contribution < -0.4 is 9.64 Å². The first kappa shape index (κ1) is 34.3. The van der Waals surface area contributed by atoms with Crippen molar-refractivity contribution in [2.75, 3.05) is 18.1 Å². The van der Waals surface area contributed by atoms with E-state index in [1.807, 2.05) is 0 Å². The van der Waals surface area contributed by atoms with Crippen molar-refractivity contribution in [3.8, 4) is 17.2 Å². The van der Waals surface area contributed by atoms with Gasteiger partial charge in [0.25, 0.3) is 5.91 Å². The molecule has 1 amide bonds. The fraction of sp³-hybridized carbons (Fsp3) is 0.424. The molecular formula is C33H37N3O13. The highest BCUT2D eigenvalue weighted by molar-refractivity contribution is 6.12. The number of nitrogens with one attached hydrogen (secondary N) is 1. The molecule has 3 aromatic rings. The molecule has 0 saturated carbocycles. The standard InChI is InChI=1S/C33H37N3O13/c37-7-1-6-32(31(46)47)11-18-10-21(40)29-25(22(41)12-33(49-29)30(45)28(44)27(43)23(14-38)48-33)26(18)36(32)24(42)5-3-16-2-4-20(39)17(8-16)9-19-13-34-15-35-19/h2-5,8,10,13,15,22-23,27-28,30,37-41,43-45H,1,6-7,9,11-12,14H2,(H,34,35)(H,46,47). The summed E-state index contributed by atoms with van der Waals surface area (Å²) >= 11 is 0. The summed E-state index contributed by atoms with van der Waals surface area (Å²) < 4.78 is 11.6. The number of aromatic amines is 1. The number of aromatic nitrogens is 2. The van der Waals surface area contributed by atoms with Gasteiger partial charge in [-0.25, -0.2) is 9.78 Å². The summed E-state index contributed by atoms with van der Waals surface area (Å²) in [4.78, 5) is 35.1. The maximum atomic E-state index is 14.2. The molecule has 262 valence electrons. The molecule has 3 aliphatic rings. The number of carboxylic acid groups (broad SMARTS) is 1. The molecule has 0 bridgehead atoms. The third-order valence-corrected chi connectivity index (χ3v) is 9.43. The molecule has 4 heterocycles. The number of aliphatic hydroxyl groups is 6. The average molecular weight is 684 g/mol. The van der Waals surface area contributed by atoms with Crippen molar-refractivity contribution >= 4 is 23.6 Å². The molecule has 7 unspecified atom stereocenters. The lowest BCUT2D eigenvalue weighted by atomic mass is 9.84. The second-order valence-corrected chi connectivity index (χ2v) is 12.5. The van der Waals surface area contributed by atoms with E-state index in [-0.39, 0.29) is 48.4 Å². The highest BCUT2D eigenvalue weighted by Gasteiger charge is 2.61. The Bertz CT molecular complexity index is 1760. The number of carbonyl (C=O) groups excluding carboxylic acids is 1. The minimum Gasteiger partial charge on any atom is -0.508 e. The number of H-pyrrole nitrogens is 1. The summed E-state index contributed by atoms with van der Waals surface area (Å²) in [7, 11) is 0. The van der Waals surface area contributed by atoms with Gasteiger partial charge < -0.3 is 60.4 Å². The highest BCUT2D eigenvalue weighted by atomic mass is 16.7. The number of imidazole rings is 1. The average Bonchev–Trinajstić information content (AvgIpc) is 3.71. The summed E-state index contributed by atoms with van der Waals surface area (Å²) in [6.45, 7) is -1.18. The van der Waals surface area contributed by atoms with Crippen LogP contribution in [0.1, 0.15) is 53.3 Å². The number of carbonyl (C=O) groups is 2. The molecule has 0 radical (unpaired) electrons. The molecule has 49 heavy (non-hydrogen) atoms. The molecule has 0 aliphatic carbocycles. The van der Waals surface area contributed by atoms with Crippen LogP contribution in [0.5, 0.6) is 17.2 Å². The van der Waals surface area contributed by atoms with Crippen LogP contribution >= 0.6 is 0 Å². The number of benzene rings is 2. The molecule has 1 fully saturated rings. The number of hydrogen-bond acceptors (Lipinski definition) is 13. The van der Waals surface area contributed by atoms with Crippen LogP contribution in [0.3, 0.4) is 0 Å². The minimum absolute atomic E-state index is 0.0121. The van der Waals surface area contributed by atoms with Crippen LogP contribution in [0.15, 0.2) is 42.9 Å². The fourth-order valence-corrected chi connectivity index (χ4v) is 7.04. The van der Waals surface area contributed by atoms with Crippen LogP contribution in [-0.4, -0.2) is 117 Å². The third kappa shape index (κ3) is 5.80. The zero-order valence-electron chi connectivity index (χ0n) is 26.0. The zero-order chi connectivity index (χ0) is 35.2.